The highest BCUT2D eigenvalue weighted by Gasteiger charge is 2.14. The van der Waals surface area contributed by atoms with Crippen LogP contribution in [-0.4, -0.2) is 53.2 Å². The van der Waals surface area contributed by atoms with Crippen molar-refractivity contribution in [3.05, 3.63) is 66.1 Å². The van der Waals surface area contributed by atoms with Gasteiger partial charge in [-0.1, -0.05) is 6.07 Å². The monoisotopic (exact) mass is 443 g/mol. The zero-order valence-corrected chi connectivity index (χ0v) is 18.2. The highest BCUT2D eigenvalue weighted by Crippen LogP contribution is 2.34. The van der Waals surface area contributed by atoms with Crippen molar-refractivity contribution >= 4 is 16.6 Å². The number of H-pyrrole nitrogens is 1. The van der Waals surface area contributed by atoms with Crippen LogP contribution < -0.4 is 14.8 Å². The van der Waals surface area contributed by atoms with Gasteiger partial charge in [-0.3, -0.25) is 15.0 Å². The summed E-state index contributed by atoms with van der Waals surface area (Å²) in [7, 11) is 0. The maximum atomic E-state index is 5.47. The third-order valence-electron chi connectivity index (χ3n) is 6.11. The number of nitrogens with zero attached hydrogens (tertiary/aromatic N) is 3. The fourth-order valence-electron chi connectivity index (χ4n) is 4.32. The van der Waals surface area contributed by atoms with E-state index in [9.17, 15) is 0 Å². The second-order valence-corrected chi connectivity index (χ2v) is 8.33. The van der Waals surface area contributed by atoms with Crippen molar-refractivity contribution in [1.82, 2.24) is 20.1 Å². The number of pyridine rings is 1. The summed E-state index contributed by atoms with van der Waals surface area (Å²) in [6, 6.07) is 14.4. The third-order valence-corrected chi connectivity index (χ3v) is 6.11. The second-order valence-electron chi connectivity index (χ2n) is 8.33. The van der Waals surface area contributed by atoms with Crippen LogP contribution in [0.15, 0.2) is 54.9 Å². The number of hydrogen-bond acceptors (Lipinski definition) is 7. The molecule has 4 heterocycles. The Balaban J connectivity index is 1.21. The highest BCUT2D eigenvalue weighted by molar-refractivity contribution is 5.86. The SMILES string of the molecule is c1ncc(-c2ccc3n[nH]c(CNc4ccc5c(c4)OCO5)c3c2)cc1CN1CCOCC1. The summed E-state index contributed by atoms with van der Waals surface area (Å²) in [6.07, 6.45) is 3.88. The summed E-state index contributed by atoms with van der Waals surface area (Å²) in [4.78, 5) is 6.91. The Morgan fingerprint density at radius 1 is 0.939 bits per heavy atom. The largest absolute Gasteiger partial charge is 0.454 e. The fraction of sp³-hybridized carbons (Fsp3) is 0.280. The van der Waals surface area contributed by atoms with Crippen LogP contribution >= 0.6 is 0 Å². The Morgan fingerprint density at radius 2 is 1.85 bits per heavy atom. The lowest BCUT2D eigenvalue weighted by Gasteiger charge is -2.26. The van der Waals surface area contributed by atoms with E-state index in [1.165, 1.54) is 5.56 Å². The molecule has 0 radical (unpaired) electrons. The molecule has 0 aliphatic carbocycles. The Bertz CT molecular complexity index is 1280. The number of rotatable bonds is 6. The van der Waals surface area contributed by atoms with Crippen molar-refractivity contribution < 1.29 is 14.2 Å². The average Bonchev–Trinajstić information content (AvgIpc) is 3.49. The molecule has 1 fully saturated rings. The van der Waals surface area contributed by atoms with E-state index in [2.05, 4.69) is 49.7 Å². The number of aromatic amines is 1. The number of benzene rings is 2. The molecule has 2 N–H and O–H groups in total. The van der Waals surface area contributed by atoms with Crippen LogP contribution in [0.1, 0.15) is 11.3 Å². The number of anilines is 1. The van der Waals surface area contributed by atoms with E-state index in [1.54, 1.807) is 0 Å². The van der Waals surface area contributed by atoms with Crippen molar-refractivity contribution in [2.24, 2.45) is 0 Å². The normalized spacial score (nSPS) is 15.8. The highest BCUT2D eigenvalue weighted by atomic mass is 16.7. The molecule has 2 aliphatic rings. The van der Waals surface area contributed by atoms with Gasteiger partial charge in [-0.2, -0.15) is 5.10 Å². The summed E-state index contributed by atoms with van der Waals surface area (Å²) in [5.41, 5.74) is 6.40. The Kier molecular flexibility index (Phi) is 5.29. The van der Waals surface area contributed by atoms with Crippen LogP contribution in [-0.2, 0) is 17.8 Å². The first-order valence-corrected chi connectivity index (χ1v) is 11.2. The van der Waals surface area contributed by atoms with Gasteiger partial charge < -0.3 is 19.5 Å². The molecule has 0 bridgehead atoms. The minimum absolute atomic E-state index is 0.273. The molecule has 2 aromatic heterocycles. The number of hydrogen-bond donors (Lipinski definition) is 2. The van der Waals surface area contributed by atoms with Gasteiger partial charge in [0.1, 0.15) is 0 Å². The van der Waals surface area contributed by atoms with Gasteiger partial charge in [0.15, 0.2) is 11.5 Å². The fourth-order valence-corrected chi connectivity index (χ4v) is 4.32. The Hall–Kier alpha value is -3.62. The molecule has 8 heteroatoms. The summed E-state index contributed by atoms with van der Waals surface area (Å²) >= 11 is 0. The van der Waals surface area contributed by atoms with E-state index >= 15 is 0 Å². The van der Waals surface area contributed by atoms with Gasteiger partial charge in [0.25, 0.3) is 0 Å². The molecule has 2 aromatic carbocycles. The van der Waals surface area contributed by atoms with Crippen LogP contribution in [0.3, 0.4) is 0 Å². The van der Waals surface area contributed by atoms with E-state index in [1.807, 2.05) is 30.6 Å². The first kappa shape index (κ1) is 20.0. The smallest absolute Gasteiger partial charge is 0.231 e. The van der Waals surface area contributed by atoms with Gasteiger partial charge >= 0.3 is 0 Å². The topological polar surface area (TPSA) is 84.5 Å². The lowest BCUT2D eigenvalue weighted by Crippen LogP contribution is -2.35. The van der Waals surface area contributed by atoms with Crippen molar-refractivity contribution in [3.8, 4) is 22.6 Å². The van der Waals surface area contributed by atoms with Crippen LogP contribution in [0.2, 0.25) is 0 Å². The van der Waals surface area contributed by atoms with Crippen molar-refractivity contribution in [1.29, 1.82) is 0 Å². The standard InChI is InChI=1S/C25H25N5O3/c1-3-22-21(23(29-28-22)14-27-20-2-4-24-25(11-20)33-16-32-24)10-18(1)19-9-17(12-26-13-19)15-30-5-7-31-8-6-30/h1-4,9-13,27H,5-8,14-16H2,(H,28,29). The maximum Gasteiger partial charge on any atom is 0.231 e. The lowest BCUT2D eigenvalue weighted by molar-refractivity contribution is 0.0341. The number of fused-ring (bicyclic) bond motifs is 2. The molecule has 8 nitrogen and oxygen atoms in total. The summed E-state index contributed by atoms with van der Waals surface area (Å²) in [6.45, 7) is 5.31. The van der Waals surface area contributed by atoms with Crippen LogP contribution in [0.25, 0.3) is 22.0 Å². The van der Waals surface area contributed by atoms with E-state index in [0.29, 0.717) is 6.54 Å². The van der Waals surface area contributed by atoms with Crippen molar-refractivity contribution in [2.75, 3.05) is 38.4 Å². The van der Waals surface area contributed by atoms with Gasteiger partial charge in [-0.15, -0.1) is 0 Å². The second kappa shape index (κ2) is 8.73. The van der Waals surface area contributed by atoms with Crippen LogP contribution in [0, 0.1) is 0 Å². The molecule has 0 saturated carbocycles. The van der Waals surface area contributed by atoms with Crippen LogP contribution in [0.5, 0.6) is 11.5 Å². The Morgan fingerprint density at radius 3 is 2.79 bits per heavy atom. The first-order valence-electron chi connectivity index (χ1n) is 11.2. The number of aromatic nitrogens is 3. The zero-order valence-electron chi connectivity index (χ0n) is 18.2. The molecule has 4 aromatic rings. The molecule has 168 valence electrons. The average molecular weight is 444 g/mol. The van der Waals surface area contributed by atoms with Gasteiger partial charge in [0.2, 0.25) is 6.79 Å². The molecule has 6 rings (SSSR count). The number of nitrogens with one attached hydrogen (secondary N) is 2. The molecule has 1 saturated heterocycles. The predicted octanol–water partition coefficient (Wildman–Crippen LogP) is 3.80. The van der Waals surface area contributed by atoms with Gasteiger partial charge in [-0.25, -0.2) is 0 Å². The third kappa shape index (κ3) is 4.22. The molecule has 0 spiro atoms. The molecule has 0 amide bonds. The number of ether oxygens (including phenoxy) is 3. The molecular formula is C25H25N5O3. The quantitative estimate of drug-likeness (QED) is 0.469. The number of morpholine rings is 1. The summed E-state index contributed by atoms with van der Waals surface area (Å²) < 4.78 is 16.3. The van der Waals surface area contributed by atoms with Crippen molar-refractivity contribution in [2.45, 2.75) is 13.1 Å². The van der Waals surface area contributed by atoms with Gasteiger partial charge in [0.05, 0.1) is 31.0 Å². The molecular weight excluding hydrogens is 418 g/mol. The van der Waals surface area contributed by atoms with Crippen molar-refractivity contribution in [3.63, 3.8) is 0 Å². The van der Waals surface area contributed by atoms with Gasteiger partial charge in [-0.05, 0) is 41.5 Å². The lowest BCUT2D eigenvalue weighted by atomic mass is 10.0. The first-order chi connectivity index (χ1) is 16.3. The summed E-state index contributed by atoms with van der Waals surface area (Å²) in [5, 5.41) is 12.2. The maximum absolute atomic E-state index is 5.47. The molecule has 0 unspecified atom stereocenters. The minimum atomic E-state index is 0.273. The molecule has 0 atom stereocenters. The molecule has 2 aliphatic heterocycles. The molecule has 33 heavy (non-hydrogen) atoms. The minimum Gasteiger partial charge on any atom is -0.454 e. The van der Waals surface area contributed by atoms with Crippen LogP contribution in [0.4, 0.5) is 5.69 Å². The zero-order chi connectivity index (χ0) is 22.0. The van der Waals surface area contributed by atoms with E-state index in [4.69, 9.17) is 14.2 Å². The van der Waals surface area contributed by atoms with E-state index in [-0.39, 0.29) is 6.79 Å². The summed E-state index contributed by atoms with van der Waals surface area (Å²) in [5.74, 6) is 1.54. The van der Waals surface area contributed by atoms with E-state index < -0.39 is 0 Å². The van der Waals surface area contributed by atoms with E-state index in [0.717, 1.165) is 77.8 Å². The van der Waals surface area contributed by atoms with Gasteiger partial charge in [0, 0.05) is 54.7 Å². The predicted molar refractivity (Wildman–Crippen MR) is 125 cm³/mol. The Labute approximate surface area is 191 Å².